The van der Waals surface area contributed by atoms with Gasteiger partial charge in [0.2, 0.25) is 0 Å². The Balaban J connectivity index is 1.29. The van der Waals surface area contributed by atoms with Crippen molar-refractivity contribution in [1.82, 2.24) is 24.7 Å². The largest absolute Gasteiger partial charge is 0.345 e. The summed E-state index contributed by atoms with van der Waals surface area (Å²) in [5.41, 5.74) is 3.44. The highest BCUT2D eigenvalue weighted by atomic mass is 35.5. The molecule has 3 saturated heterocycles. The lowest BCUT2D eigenvalue weighted by Crippen LogP contribution is -2.38. The predicted molar refractivity (Wildman–Crippen MR) is 151 cm³/mol. The molecule has 1 aromatic carbocycles. The van der Waals surface area contributed by atoms with E-state index in [9.17, 15) is 14.9 Å². The number of pyridine rings is 1. The van der Waals surface area contributed by atoms with Crippen LogP contribution in [0.4, 0.5) is 4.79 Å². The molecule has 0 radical (unpaired) electrons. The summed E-state index contributed by atoms with van der Waals surface area (Å²) >= 11 is 8.17. The Labute approximate surface area is 234 Å². The molecule has 7 rings (SSSR count). The second-order valence-electron chi connectivity index (χ2n) is 10.8. The van der Waals surface area contributed by atoms with Gasteiger partial charge in [-0.2, -0.15) is 5.26 Å². The fourth-order valence-electron chi connectivity index (χ4n) is 6.45. The normalized spacial score (nSPS) is 20.8. The first-order valence-electron chi connectivity index (χ1n) is 13.4. The lowest BCUT2D eigenvalue weighted by atomic mass is 9.80. The molecule has 0 unspecified atom stereocenters. The van der Waals surface area contributed by atoms with Gasteiger partial charge in [-0.05, 0) is 69.1 Å². The number of hydrogen-bond donors (Lipinski definition) is 1. The highest BCUT2D eigenvalue weighted by Crippen LogP contribution is 2.41. The number of rotatable bonds is 5. The zero-order valence-corrected chi connectivity index (χ0v) is 22.9. The van der Waals surface area contributed by atoms with Crippen LogP contribution >= 0.6 is 22.9 Å². The molecule has 3 aliphatic rings. The number of carbonyl (C=O) groups is 2. The van der Waals surface area contributed by atoms with Crippen molar-refractivity contribution in [3.05, 3.63) is 52.6 Å². The van der Waals surface area contributed by atoms with Crippen molar-refractivity contribution in [2.45, 2.75) is 44.8 Å². The summed E-state index contributed by atoms with van der Waals surface area (Å²) < 4.78 is 3.19. The zero-order chi connectivity index (χ0) is 26.7. The molecule has 4 aromatic rings. The molecule has 0 saturated carbocycles. The summed E-state index contributed by atoms with van der Waals surface area (Å²) in [5, 5.41) is 15.2. The van der Waals surface area contributed by atoms with E-state index in [2.05, 4.69) is 33.2 Å². The van der Waals surface area contributed by atoms with E-state index in [0.29, 0.717) is 18.1 Å². The number of nitrogens with zero attached hydrogens (tertiary/aromatic N) is 5. The van der Waals surface area contributed by atoms with E-state index in [0.717, 1.165) is 75.9 Å². The number of nitriles is 1. The van der Waals surface area contributed by atoms with Crippen LogP contribution < -0.4 is 5.32 Å². The van der Waals surface area contributed by atoms with Crippen LogP contribution in [0, 0.1) is 16.7 Å². The van der Waals surface area contributed by atoms with Crippen molar-refractivity contribution in [2.24, 2.45) is 5.41 Å². The van der Waals surface area contributed by atoms with E-state index < -0.39 is 5.41 Å². The lowest BCUT2D eigenvalue weighted by molar-refractivity contribution is -0.128. The van der Waals surface area contributed by atoms with E-state index in [1.165, 1.54) is 4.90 Å². The van der Waals surface area contributed by atoms with E-state index in [4.69, 9.17) is 11.6 Å². The molecule has 3 aromatic heterocycles. The van der Waals surface area contributed by atoms with Crippen LogP contribution in [0.5, 0.6) is 0 Å². The molecule has 10 heteroatoms. The van der Waals surface area contributed by atoms with E-state index in [1.807, 2.05) is 24.3 Å². The van der Waals surface area contributed by atoms with Crippen molar-refractivity contribution in [3.63, 3.8) is 0 Å². The number of amides is 3. The average molecular weight is 559 g/mol. The van der Waals surface area contributed by atoms with E-state index in [1.54, 1.807) is 22.4 Å². The van der Waals surface area contributed by atoms with Gasteiger partial charge >= 0.3 is 6.03 Å². The Morgan fingerprint density at radius 3 is 2.82 bits per heavy atom. The summed E-state index contributed by atoms with van der Waals surface area (Å²) in [6, 6.07) is 12.1. The predicted octanol–water partition coefficient (Wildman–Crippen LogP) is 5.39. The topological polar surface area (TPSA) is 94.3 Å². The van der Waals surface area contributed by atoms with E-state index in [-0.39, 0.29) is 24.5 Å². The van der Waals surface area contributed by atoms with Crippen LogP contribution in [-0.2, 0) is 17.9 Å². The second-order valence-corrected chi connectivity index (χ2v) is 12.4. The number of piperidine rings is 1. The fourth-order valence-corrected chi connectivity index (χ4v) is 7.80. The number of urea groups is 1. The molecular weight excluding hydrogens is 532 g/mol. The third kappa shape index (κ3) is 4.01. The third-order valence-corrected chi connectivity index (χ3v) is 9.80. The molecule has 0 bridgehead atoms. The maximum Gasteiger partial charge on any atom is 0.327 e. The highest BCUT2D eigenvalue weighted by molar-refractivity contribution is 7.19. The first-order chi connectivity index (χ1) is 19.0. The highest BCUT2D eigenvalue weighted by Gasteiger charge is 2.47. The summed E-state index contributed by atoms with van der Waals surface area (Å²) in [5.74, 6) is -0.0955. The zero-order valence-electron chi connectivity index (χ0n) is 21.3. The van der Waals surface area contributed by atoms with Gasteiger partial charge in [-0.1, -0.05) is 11.6 Å². The van der Waals surface area contributed by atoms with E-state index >= 15 is 0 Å². The quantitative estimate of drug-likeness (QED) is 0.331. The van der Waals surface area contributed by atoms with Gasteiger partial charge in [-0.15, -0.1) is 11.3 Å². The van der Waals surface area contributed by atoms with Crippen LogP contribution in [0.3, 0.4) is 0 Å². The number of halogens is 1. The Morgan fingerprint density at radius 1 is 1.18 bits per heavy atom. The molecule has 8 nitrogen and oxygen atoms in total. The first kappa shape index (κ1) is 24.6. The second kappa shape index (κ2) is 9.33. The monoisotopic (exact) mass is 558 g/mol. The average Bonchev–Trinajstić information content (AvgIpc) is 3.72. The van der Waals surface area contributed by atoms with Gasteiger partial charge in [0.25, 0.3) is 5.91 Å². The number of nitrogens with one attached hydrogen (secondary N) is 1. The van der Waals surface area contributed by atoms with Crippen LogP contribution in [-0.4, -0.2) is 57.0 Å². The van der Waals surface area contributed by atoms with Crippen LogP contribution in [0.25, 0.3) is 32.2 Å². The van der Waals surface area contributed by atoms with Gasteiger partial charge in [-0.25, -0.2) is 4.79 Å². The molecule has 1 atom stereocenters. The van der Waals surface area contributed by atoms with Gasteiger partial charge < -0.3 is 14.8 Å². The Kier molecular flexibility index (Phi) is 5.88. The molecule has 1 N–H and O–H groups in total. The molecule has 0 spiro atoms. The van der Waals surface area contributed by atoms with Gasteiger partial charge in [0.15, 0.2) is 0 Å². The minimum absolute atomic E-state index is 0.0955. The van der Waals surface area contributed by atoms with Crippen molar-refractivity contribution in [2.75, 3.05) is 19.6 Å². The first-order valence-corrected chi connectivity index (χ1v) is 14.6. The molecule has 3 fully saturated rings. The molecular formula is C29H27ClN6O2S. The summed E-state index contributed by atoms with van der Waals surface area (Å²) in [4.78, 5) is 34.4. The Morgan fingerprint density at radius 2 is 2.03 bits per heavy atom. The number of fused-ring (bicyclic) bond motifs is 3. The number of hydrogen-bond acceptors (Lipinski definition) is 6. The number of benzene rings is 1. The number of imide groups is 1. The number of thiophene rings is 1. The maximum atomic E-state index is 12.9. The third-order valence-electron chi connectivity index (χ3n) is 8.44. The fraction of sp³-hybridized carbons (Fsp3) is 0.379. The SMILES string of the molecule is N#CC1(Cn2ccc3cc(Cl)cc(-c4ccnc5cc(CN6C(=O)[C@@H]7CCCN7C6=O)sc45)c32)CCNCC1. The Hall–Kier alpha value is -3.45. The van der Waals surface area contributed by atoms with Crippen LogP contribution in [0.1, 0.15) is 30.6 Å². The summed E-state index contributed by atoms with van der Waals surface area (Å²) in [6.45, 7) is 3.21. The molecule has 0 aliphatic carbocycles. The molecule has 3 amide bonds. The smallest absolute Gasteiger partial charge is 0.327 e. The van der Waals surface area contributed by atoms with Gasteiger partial charge in [0, 0.05) is 51.9 Å². The number of aromatic nitrogens is 2. The molecule has 6 heterocycles. The standard InChI is InChI=1S/C29H27ClN6O2S/c30-19-12-18-4-11-34(17-29(16-31)5-8-32-9-6-29)25(18)22(13-19)21-3-7-33-23-14-20(39-26(21)23)15-36-27(37)24-2-1-10-35(24)28(36)38/h3-4,7,11-14,24,32H,1-2,5-6,8-10,15,17H2/t24-/m0/s1. The van der Waals surface area contributed by atoms with Gasteiger partial charge in [0.1, 0.15) is 6.04 Å². The van der Waals surface area contributed by atoms with Crippen LogP contribution in [0.15, 0.2) is 42.7 Å². The van der Waals surface area contributed by atoms with Crippen molar-refractivity contribution < 1.29 is 9.59 Å². The van der Waals surface area contributed by atoms with Gasteiger partial charge in [0.05, 0.1) is 33.8 Å². The van der Waals surface area contributed by atoms with Crippen molar-refractivity contribution in [1.29, 1.82) is 5.26 Å². The maximum absolute atomic E-state index is 12.9. The minimum atomic E-state index is -0.416. The minimum Gasteiger partial charge on any atom is -0.345 e. The lowest BCUT2D eigenvalue weighted by Gasteiger charge is -2.32. The van der Waals surface area contributed by atoms with Crippen molar-refractivity contribution >= 4 is 56.0 Å². The summed E-state index contributed by atoms with van der Waals surface area (Å²) in [6.07, 6.45) is 7.10. The summed E-state index contributed by atoms with van der Waals surface area (Å²) in [7, 11) is 0. The number of carbonyl (C=O) groups excluding carboxylic acids is 2. The molecule has 39 heavy (non-hydrogen) atoms. The van der Waals surface area contributed by atoms with Gasteiger partial charge in [-0.3, -0.25) is 14.7 Å². The van der Waals surface area contributed by atoms with Crippen molar-refractivity contribution in [3.8, 4) is 17.2 Å². The molecule has 198 valence electrons. The van der Waals surface area contributed by atoms with Crippen LogP contribution in [0.2, 0.25) is 5.02 Å². The Bertz CT molecular complexity index is 1660. The molecule has 3 aliphatic heterocycles.